The van der Waals surface area contributed by atoms with Crippen molar-refractivity contribution in [2.45, 2.75) is 6.54 Å². The summed E-state index contributed by atoms with van der Waals surface area (Å²) in [6.45, 7) is 0.305. The number of nitrogens with one attached hydrogen (secondary N) is 1. The van der Waals surface area contributed by atoms with Gasteiger partial charge in [-0.25, -0.2) is 0 Å². The Bertz CT molecular complexity index is 575. The van der Waals surface area contributed by atoms with Gasteiger partial charge in [0.15, 0.2) is 0 Å². The van der Waals surface area contributed by atoms with Gasteiger partial charge in [-0.15, -0.1) is 11.3 Å². The average molecular weight is 261 g/mol. The van der Waals surface area contributed by atoms with Crippen LogP contribution >= 0.6 is 11.3 Å². The topological polar surface area (TPSA) is 62.5 Å². The highest BCUT2D eigenvalue weighted by Crippen LogP contribution is 2.15. The molecule has 2 rings (SSSR count). The molecule has 0 aliphatic rings. The summed E-state index contributed by atoms with van der Waals surface area (Å²) in [5, 5.41) is 11.4. The Kier molecular flexibility index (Phi) is 4.18. The number of rotatable bonds is 3. The van der Waals surface area contributed by atoms with E-state index < -0.39 is 0 Å². The summed E-state index contributed by atoms with van der Waals surface area (Å²) in [5.74, 6) is 5.24. The van der Waals surface area contributed by atoms with Crippen LogP contribution in [-0.4, -0.2) is 17.6 Å². The number of thiophene rings is 1. The largest absolute Gasteiger partial charge is 0.472 e. The van der Waals surface area contributed by atoms with Crippen LogP contribution in [0.5, 0.6) is 0 Å². The maximum atomic E-state index is 11.6. The first-order valence-corrected chi connectivity index (χ1v) is 6.10. The Morgan fingerprint density at radius 1 is 1.44 bits per heavy atom. The van der Waals surface area contributed by atoms with Crippen molar-refractivity contribution in [3.05, 3.63) is 46.0 Å². The molecule has 0 aromatic carbocycles. The molecule has 0 radical (unpaired) electrons. The first-order chi connectivity index (χ1) is 8.79. The van der Waals surface area contributed by atoms with E-state index in [1.165, 1.54) is 23.9 Å². The van der Waals surface area contributed by atoms with Gasteiger partial charge in [0.2, 0.25) is 0 Å². The minimum atomic E-state index is -0.167. The summed E-state index contributed by atoms with van der Waals surface area (Å²) in [6, 6.07) is 5.39. The van der Waals surface area contributed by atoms with Crippen LogP contribution in [0.4, 0.5) is 0 Å². The molecular weight excluding hydrogens is 250 g/mol. The molecule has 4 nitrogen and oxygen atoms in total. The van der Waals surface area contributed by atoms with Crippen LogP contribution in [0.1, 0.15) is 20.1 Å². The third-order valence-corrected chi connectivity index (χ3v) is 3.16. The second kappa shape index (κ2) is 6.05. The van der Waals surface area contributed by atoms with Crippen molar-refractivity contribution in [1.29, 1.82) is 0 Å². The summed E-state index contributed by atoms with van der Waals surface area (Å²) in [4.78, 5) is 13.5. The third-order valence-electron chi connectivity index (χ3n) is 2.16. The number of aliphatic hydroxyl groups is 1. The molecule has 1 amide bonds. The van der Waals surface area contributed by atoms with Crippen molar-refractivity contribution >= 4 is 17.2 Å². The normalized spacial score (nSPS) is 9.61. The number of hydrogen-bond acceptors (Lipinski definition) is 4. The van der Waals surface area contributed by atoms with Crippen molar-refractivity contribution in [1.82, 2.24) is 5.32 Å². The Hall–Kier alpha value is -2.03. The molecule has 18 heavy (non-hydrogen) atoms. The van der Waals surface area contributed by atoms with E-state index in [1.807, 2.05) is 12.1 Å². The van der Waals surface area contributed by atoms with Gasteiger partial charge in [0, 0.05) is 4.88 Å². The van der Waals surface area contributed by atoms with Crippen molar-refractivity contribution in [2.24, 2.45) is 0 Å². The molecule has 0 fully saturated rings. The maximum absolute atomic E-state index is 11.6. The second-order valence-corrected chi connectivity index (χ2v) is 4.59. The van der Waals surface area contributed by atoms with E-state index in [0.29, 0.717) is 12.1 Å². The molecule has 0 bridgehead atoms. The van der Waals surface area contributed by atoms with E-state index in [9.17, 15) is 4.79 Å². The highest BCUT2D eigenvalue weighted by molar-refractivity contribution is 7.12. The molecule has 2 heterocycles. The first-order valence-electron chi connectivity index (χ1n) is 5.28. The summed E-state index contributed by atoms with van der Waals surface area (Å²) in [6.07, 6.45) is 2.87. The minimum Gasteiger partial charge on any atom is -0.472 e. The van der Waals surface area contributed by atoms with Gasteiger partial charge in [-0.2, -0.15) is 0 Å². The van der Waals surface area contributed by atoms with Crippen LogP contribution in [0, 0.1) is 11.8 Å². The van der Waals surface area contributed by atoms with Gasteiger partial charge in [-0.05, 0) is 18.2 Å². The summed E-state index contributed by atoms with van der Waals surface area (Å²) in [7, 11) is 0. The fourth-order valence-electron chi connectivity index (χ4n) is 1.33. The summed E-state index contributed by atoms with van der Waals surface area (Å²) in [5.41, 5.74) is 0.506. The molecule has 92 valence electrons. The summed E-state index contributed by atoms with van der Waals surface area (Å²) >= 11 is 1.49. The van der Waals surface area contributed by atoms with Gasteiger partial charge in [0.05, 0.1) is 23.2 Å². The molecule has 0 saturated heterocycles. The molecule has 0 aliphatic heterocycles. The quantitative estimate of drug-likeness (QED) is 0.825. The Morgan fingerprint density at radius 3 is 3.06 bits per heavy atom. The van der Waals surface area contributed by atoms with Gasteiger partial charge in [0.1, 0.15) is 12.9 Å². The Balaban J connectivity index is 1.90. The molecule has 0 spiro atoms. The molecule has 0 atom stereocenters. The van der Waals surface area contributed by atoms with Crippen molar-refractivity contribution in [2.75, 3.05) is 6.61 Å². The first kappa shape index (κ1) is 12.4. The van der Waals surface area contributed by atoms with Crippen LogP contribution in [0.2, 0.25) is 0 Å². The van der Waals surface area contributed by atoms with Gasteiger partial charge in [-0.1, -0.05) is 11.8 Å². The number of furan rings is 1. The Labute approximate surface area is 108 Å². The molecule has 2 N–H and O–H groups in total. The lowest BCUT2D eigenvalue weighted by molar-refractivity contribution is 0.0950. The number of carbonyl (C=O) groups excluding carboxylic acids is 1. The van der Waals surface area contributed by atoms with Crippen LogP contribution in [-0.2, 0) is 6.54 Å². The SMILES string of the molecule is O=C(NCc1ccc(C#CCO)s1)c1ccoc1. The number of carbonyl (C=O) groups is 1. The lowest BCUT2D eigenvalue weighted by Gasteiger charge is -2.00. The van der Waals surface area contributed by atoms with E-state index in [1.54, 1.807) is 6.07 Å². The van der Waals surface area contributed by atoms with Gasteiger partial charge in [0.25, 0.3) is 5.91 Å². The molecule has 2 aromatic rings. The number of hydrogen-bond donors (Lipinski definition) is 2. The molecule has 0 saturated carbocycles. The highest BCUT2D eigenvalue weighted by atomic mass is 32.1. The van der Waals surface area contributed by atoms with Crippen LogP contribution in [0.3, 0.4) is 0 Å². The van der Waals surface area contributed by atoms with E-state index in [4.69, 9.17) is 9.52 Å². The zero-order chi connectivity index (χ0) is 12.8. The number of aliphatic hydroxyl groups excluding tert-OH is 1. The zero-order valence-corrected chi connectivity index (χ0v) is 10.3. The zero-order valence-electron chi connectivity index (χ0n) is 9.47. The highest BCUT2D eigenvalue weighted by Gasteiger charge is 2.06. The molecule has 0 unspecified atom stereocenters. The van der Waals surface area contributed by atoms with Crippen molar-refractivity contribution in [3.63, 3.8) is 0 Å². The van der Waals surface area contributed by atoms with Crippen molar-refractivity contribution in [3.8, 4) is 11.8 Å². The van der Waals surface area contributed by atoms with Crippen LogP contribution in [0.15, 0.2) is 35.1 Å². The lowest BCUT2D eigenvalue weighted by Crippen LogP contribution is -2.21. The van der Waals surface area contributed by atoms with Gasteiger partial charge < -0.3 is 14.8 Å². The monoisotopic (exact) mass is 261 g/mol. The van der Waals surface area contributed by atoms with E-state index >= 15 is 0 Å². The standard InChI is InChI=1S/C13H11NO3S/c15-6-1-2-11-3-4-12(18-11)8-14-13(16)10-5-7-17-9-10/h3-5,7,9,15H,6,8H2,(H,14,16). The van der Waals surface area contributed by atoms with Crippen LogP contribution < -0.4 is 5.32 Å². The third kappa shape index (κ3) is 3.23. The predicted molar refractivity (Wildman–Crippen MR) is 68.2 cm³/mol. The molecule has 0 aliphatic carbocycles. The van der Waals surface area contributed by atoms with E-state index in [2.05, 4.69) is 17.2 Å². The Morgan fingerprint density at radius 2 is 2.33 bits per heavy atom. The smallest absolute Gasteiger partial charge is 0.254 e. The summed E-state index contributed by atoms with van der Waals surface area (Å²) < 4.78 is 4.84. The van der Waals surface area contributed by atoms with Gasteiger partial charge >= 0.3 is 0 Å². The van der Waals surface area contributed by atoms with Gasteiger partial charge in [-0.3, -0.25) is 4.79 Å². The fraction of sp³-hybridized carbons (Fsp3) is 0.154. The predicted octanol–water partition coefficient (Wildman–Crippen LogP) is 1.61. The van der Waals surface area contributed by atoms with Crippen LogP contribution in [0.25, 0.3) is 0 Å². The second-order valence-electron chi connectivity index (χ2n) is 3.42. The maximum Gasteiger partial charge on any atom is 0.254 e. The van der Waals surface area contributed by atoms with Crippen molar-refractivity contribution < 1.29 is 14.3 Å². The number of amides is 1. The molecule has 5 heteroatoms. The molecule has 2 aromatic heterocycles. The van der Waals surface area contributed by atoms with E-state index in [-0.39, 0.29) is 12.5 Å². The average Bonchev–Trinajstić information content (AvgIpc) is 3.04. The lowest BCUT2D eigenvalue weighted by atomic mass is 10.3. The fourth-order valence-corrected chi connectivity index (χ4v) is 2.15. The van der Waals surface area contributed by atoms with E-state index in [0.717, 1.165) is 9.75 Å². The molecular formula is C13H11NO3S. The minimum absolute atomic E-state index is 0.148.